The van der Waals surface area contributed by atoms with Gasteiger partial charge in [-0.15, -0.1) is 0 Å². The summed E-state index contributed by atoms with van der Waals surface area (Å²) in [4.78, 5) is 4.93. The van der Waals surface area contributed by atoms with Gasteiger partial charge in [0.15, 0.2) is 5.82 Å². The van der Waals surface area contributed by atoms with Crippen molar-refractivity contribution in [1.82, 2.24) is 15.2 Å². The van der Waals surface area contributed by atoms with E-state index in [-0.39, 0.29) is 17.0 Å². The Morgan fingerprint density at radius 3 is 2.37 bits per heavy atom. The van der Waals surface area contributed by atoms with Gasteiger partial charge in [-0.1, -0.05) is 43.5 Å². The topological polar surface area (TPSA) is 111 Å². The van der Waals surface area contributed by atoms with Gasteiger partial charge in [0.1, 0.15) is 11.6 Å². The monoisotopic (exact) mass is 495 g/mol. The van der Waals surface area contributed by atoms with E-state index in [0.29, 0.717) is 49.1 Å². The number of anilines is 3. The van der Waals surface area contributed by atoms with Crippen molar-refractivity contribution in [3.8, 4) is 0 Å². The van der Waals surface area contributed by atoms with Crippen LogP contribution in [0.4, 0.5) is 17.5 Å². The minimum atomic E-state index is -3.83. The summed E-state index contributed by atoms with van der Waals surface area (Å²) < 4.78 is 28.9. The van der Waals surface area contributed by atoms with Crippen LogP contribution in [0.15, 0.2) is 59.5 Å². The fourth-order valence-corrected chi connectivity index (χ4v) is 6.95. The van der Waals surface area contributed by atoms with Crippen LogP contribution < -0.4 is 9.62 Å². The van der Waals surface area contributed by atoms with Crippen molar-refractivity contribution in [3.63, 3.8) is 0 Å². The van der Waals surface area contributed by atoms with Crippen LogP contribution in [0.25, 0.3) is 0 Å². The SMILES string of the molecule is O=S(=O)(c1ccccc1)N(c1cccc(Nc2cc(C3CCCCC3)[nH]n2)n1)C1CCC(O)CC1. The summed E-state index contributed by atoms with van der Waals surface area (Å²) in [6.07, 6.45) is 8.07. The number of nitrogens with one attached hydrogen (secondary N) is 2. The average molecular weight is 496 g/mol. The molecular formula is C26H33N5O3S. The molecule has 0 saturated heterocycles. The predicted molar refractivity (Wildman–Crippen MR) is 136 cm³/mol. The Bertz CT molecular complexity index is 1220. The molecule has 2 aromatic heterocycles. The molecule has 0 aliphatic heterocycles. The third-order valence-electron chi connectivity index (χ3n) is 7.16. The number of nitrogens with zero attached hydrogens (tertiary/aromatic N) is 3. The molecule has 0 atom stereocenters. The second-order valence-corrected chi connectivity index (χ2v) is 11.4. The maximum absolute atomic E-state index is 13.7. The van der Waals surface area contributed by atoms with Crippen molar-refractivity contribution >= 4 is 27.5 Å². The van der Waals surface area contributed by atoms with Crippen molar-refractivity contribution in [2.24, 2.45) is 0 Å². The van der Waals surface area contributed by atoms with Crippen molar-refractivity contribution in [3.05, 3.63) is 60.3 Å². The molecule has 0 radical (unpaired) electrons. The lowest BCUT2D eigenvalue weighted by molar-refractivity contribution is 0.124. The molecule has 0 spiro atoms. The molecule has 8 nitrogen and oxygen atoms in total. The van der Waals surface area contributed by atoms with Gasteiger partial charge in [0.05, 0.1) is 11.0 Å². The molecule has 3 aromatic rings. The highest BCUT2D eigenvalue weighted by Gasteiger charge is 2.35. The average Bonchev–Trinajstić information content (AvgIpc) is 3.35. The molecule has 0 unspecified atom stereocenters. The molecule has 2 aliphatic carbocycles. The van der Waals surface area contributed by atoms with Crippen molar-refractivity contribution < 1.29 is 13.5 Å². The number of aliphatic hydroxyl groups excluding tert-OH is 1. The van der Waals surface area contributed by atoms with Crippen LogP contribution in [0.5, 0.6) is 0 Å². The van der Waals surface area contributed by atoms with Crippen LogP contribution in [0, 0.1) is 0 Å². The van der Waals surface area contributed by atoms with Gasteiger partial charge in [0, 0.05) is 23.7 Å². The summed E-state index contributed by atoms with van der Waals surface area (Å²) in [6, 6.07) is 15.6. The van der Waals surface area contributed by atoms with Crippen LogP contribution in [0.2, 0.25) is 0 Å². The van der Waals surface area contributed by atoms with Crippen LogP contribution in [-0.4, -0.2) is 40.9 Å². The Morgan fingerprint density at radius 1 is 0.886 bits per heavy atom. The van der Waals surface area contributed by atoms with E-state index in [1.54, 1.807) is 36.4 Å². The highest BCUT2D eigenvalue weighted by Crippen LogP contribution is 2.34. The number of aliphatic hydroxyl groups is 1. The fraction of sp³-hybridized carbons (Fsp3) is 0.462. The molecule has 1 aromatic carbocycles. The molecular weight excluding hydrogens is 462 g/mol. The van der Waals surface area contributed by atoms with Crippen LogP contribution in [-0.2, 0) is 10.0 Å². The van der Waals surface area contributed by atoms with E-state index in [2.05, 4.69) is 15.5 Å². The number of pyridine rings is 1. The highest BCUT2D eigenvalue weighted by molar-refractivity contribution is 7.92. The Labute approximate surface area is 206 Å². The van der Waals surface area contributed by atoms with Crippen LogP contribution in [0.1, 0.15) is 69.4 Å². The molecule has 2 heterocycles. The molecule has 9 heteroatoms. The lowest BCUT2D eigenvalue weighted by Gasteiger charge is -2.35. The first kappa shape index (κ1) is 23.8. The first-order valence-electron chi connectivity index (χ1n) is 12.6. The van der Waals surface area contributed by atoms with Gasteiger partial charge in [0.25, 0.3) is 10.0 Å². The van der Waals surface area contributed by atoms with Gasteiger partial charge in [-0.3, -0.25) is 5.10 Å². The van der Waals surface area contributed by atoms with Gasteiger partial charge in [0.2, 0.25) is 0 Å². The third kappa shape index (κ3) is 5.36. The fourth-order valence-electron chi connectivity index (χ4n) is 5.28. The first-order valence-corrected chi connectivity index (χ1v) is 14.0. The van der Waals surface area contributed by atoms with E-state index in [1.165, 1.54) is 36.4 Å². The summed E-state index contributed by atoms with van der Waals surface area (Å²) in [6.45, 7) is 0. The third-order valence-corrected chi connectivity index (χ3v) is 9.03. The highest BCUT2D eigenvalue weighted by atomic mass is 32.2. The lowest BCUT2D eigenvalue weighted by Crippen LogP contribution is -2.43. The summed E-state index contributed by atoms with van der Waals surface area (Å²) >= 11 is 0. The Hall–Kier alpha value is -2.91. The van der Waals surface area contributed by atoms with Gasteiger partial charge < -0.3 is 10.4 Å². The zero-order chi connectivity index (χ0) is 24.3. The van der Waals surface area contributed by atoms with Gasteiger partial charge in [-0.2, -0.15) is 5.10 Å². The molecule has 2 saturated carbocycles. The van der Waals surface area contributed by atoms with E-state index in [0.717, 1.165) is 5.69 Å². The maximum Gasteiger partial charge on any atom is 0.265 e. The zero-order valence-electron chi connectivity index (χ0n) is 19.8. The number of benzene rings is 1. The molecule has 35 heavy (non-hydrogen) atoms. The second-order valence-electron chi connectivity index (χ2n) is 9.63. The van der Waals surface area contributed by atoms with Gasteiger partial charge >= 0.3 is 0 Å². The minimum Gasteiger partial charge on any atom is -0.393 e. The first-order chi connectivity index (χ1) is 17.0. The molecule has 3 N–H and O–H groups in total. The summed E-state index contributed by atoms with van der Waals surface area (Å²) in [5, 5.41) is 20.8. The summed E-state index contributed by atoms with van der Waals surface area (Å²) in [7, 11) is -3.83. The van der Waals surface area contributed by atoms with E-state index >= 15 is 0 Å². The molecule has 0 amide bonds. The second kappa shape index (κ2) is 10.4. The van der Waals surface area contributed by atoms with Crippen LogP contribution in [0.3, 0.4) is 0 Å². The Balaban J connectivity index is 1.42. The zero-order valence-corrected chi connectivity index (χ0v) is 20.6. The number of H-pyrrole nitrogens is 1. The van der Waals surface area contributed by atoms with Crippen molar-refractivity contribution in [2.45, 2.75) is 80.7 Å². The van der Waals surface area contributed by atoms with E-state index in [9.17, 15) is 13.5 Å². The molecule has 5 rings (SSSR count). The molecule has 2 fully saturated rings. The van der Waals surface area contributed by atoms with E-state index in [1.807, 2.05) is 18.2 Å². The quantitative estimate of drug-likeness (QED) is 0.421. The largest absolute Gasteiger partial charge is 0.393 e. The number of aromatic nitrogens is 3. The number of aromatic amines is 1. The Morgan fingerprint density at radius 2 is 1.63 bits per heavy atom. The number of hydrogen-bond donors (Lipinski definition) is 3. The molecule has 0 bridgehead atoms. The normalized spacial score (nSPS) is 21.5. The number of rotatable bonds is 7. The summed E-state index contributed by atoms with van der Waals surface area (Å²) in [5.41, 5.74) is 1.14. The van der Waals surface area contributed by atoms with Gasteiger partial charge in [-0.05, 0) is 62.8 Å². The standard InChI is InChI=1S/C26H33N5O3S/c32-21-16-14-20(15-17-21)31(35(33,34)22-10-5-2-6-11-22)26-13-7-12-24(28-26)27-25-18-23(29-30-25)19-8-3-1-4-9-19/h2,5-7,10-13,18-21,32H,1,3-4,8-9,14-17H2,(H2,27,28,29,30). The van der Waals surface area contributed by atoms with E-state index < -0.39 is 10.0 Å². The van der Waals surface area contributed by atoms with E-state index in [4.69, 9.17) is 4.98 Å². The smallest absolute Gasteiger partial charge is 0.265 e. The van der Waals surface area contributed by atoms with Crippen molar-refractivity contribution in [1.29, 1.82) is 0 Å². The lowest BCUT2D eigenvalue weighted by atomic mass is 9.87. The predicted octanol–water partition coefficient (Wildman–Crippen LogP) is 5.09. The summed E-state index contributed by atoms with van der Waals surface area (Å²) in [5.74, 6) is 2.09. The number of hydrogen-bond acceptors (Lipinski definition) is 6. The van der Waals surface area contributed by atoms with Crippen molar-refractivity contribution in [2.75, 3.05) is 9.62 Å². The molecule has 2 aliphatic rings. The number of sulfonamides is 1. The minimum absolute atomic E-state index is 0.232. The van der Waals surface area contributed by atoms with Gasteiger partial charge in [-0.25, -0.2) is 17.7 Å². The molecule has 186 valence electrons. The van der Waals surface area contributed by atoms with Crippen LogP contribution >= 0.6 is 0 Å². The Kier molecular flexibility index (Phi) is 7.06. The maximum atomic E-state index is 13.7.